The van der Waals surface area contributed by atoms with E-state index in [1.165, 1.54) is 0 Å². The molecule has 2 rings (SSSR count). The SMILES string of the molecule is CC(C)(CCC(O)CCCC(O)CCC(C)(C)C(=O)OCc1ccccc1)C(=O)OCc1ccccc1. The highest BCUT2D eigenvalue weighted by Crippen LogP contribution is 2.28. The second-order valence-corrected chi connectivity index (χ2v) is 11.2. The van der Waals surface area contributed by atoms with Crippen molar-refractivity contribution in [2.75, 3.05) is 0 Å². The molecule has 0 amide bonds. The summed E-state index contributed by atoms with van der Waals surface area (Å²) in [4.78, 5) is 25.0. The Kier molecular flexibility index (Phi) is 12.3. The molecule has 0 aliphatic carbocycles. The molecule has 2 aromatic carbocycles. The van der Waals surface area contributed by atoms with Crippen LogP contribution in [0.15, 0.2) is 60.7 Å². The van der Waals surface area contributed by atoms with Gasteiger partial charge in [-0.1, -0.05) is 60.7 Å². The predicted octanol–water partition coefficient (Wildman–Crippen LogP) is 5.98. The second-order valence-electron chi connectivity index (χ2n) is 11.2. The minimum atomic E-state index is -0.685. The van der Waals surface area contributed by atoms with E-state index in [0.717, 1.165) is 11.1 Å². The van der Waals surface area contributed by atoms with Crippen molar-refractivity contribution in [3.05, 3.63) is 71.8 Å². The van der Waals surface area contributed by atoms with Crippen molar-refractivity contribution in [2.24, 2.45) is 10.8 Å². The molecular formula is C31H44O6. The molecule has 2 atom stereocenters. The van der Waals surface area contributed by atoms with Crippen molar-refractivity contribution < 1.29 is 29.3 Å². The van der Waals surface area contributed by atoms with Crippen LogP contribution in [0.5, 0.6) is 0 Å². The van der Waals surface area contributed by atoms with Crippen LogP contribution in [-0.2, 0) is 32.3 Å². The number of hydrogen-bond acceptors (Lipinski definition) is 6. The van der Waals surface area contributed by atoms with Crippen molar-refractivity contribution in [3.8, 4) is 0 Å². The first-order chi connectivity index (χ1) is 17.5. The Hall–Kier alpha value is -2.70. The summed E-state index contributed by atoms with van der Waals surface area (Å²) in [5, 5.41) is 20.8. The Morgan fingerprint density at radius 2 is 1.00 bits per heavy atom. The van der Waals surface area contributed by atoms with Gasteiger partial charge in [0.15, 0.2) is 0 Å². The van der Waals surface area contributed by atoms with Gasteiger partial charge in [0.25, 0.3) is 0 Å². The summed E-state index contributed by atoms with van der Waals surface area (Å²) < 4.78 is 10.9. The molecule has 0 saturated carbocycles. The van der Waals surface area contributed by atoms with Gasteiger partial charge in [0.1, 0.15) is 13.2 Å². The minimum Gasteiger partial charge on any atom is -0.460 e. The lowest BCUT2D eigenvalue weighted by Crippen LogP contribution is -2.28. The van der Waals surface area contributed by atoms with Crippen molar-refractivity contribution in [3.63, 3.8) is 0 Å². The van der Waals surface area contributed by atoms with E-state index in [-0.39, 0.29) is 25.2 Å². The van der Waals surface area contributed by atoms with Gasteiger partial charge in [-0.15, -0.1) is 0 Å². The van der Waals surface area contributed by atoms with E-state index in [4.69, 9.17) is 9.47 Å². The van der Waals surface area contributed by atoms with E-state index in [2.05, 4.69) is 0 Å². The normalized spacial score (nSPS) is 13.6. The number of rotatable bonds is 16. The Labute approximate surface area is 222 Å². The summed E-state index contributed by atoms with van der Waals surface area (Å²) in [6.07, 6.45) is 2.69. The molecule has 0 aliphatic rings. The fraction of sp³-hybridized carbons (Fsp3) is 0.548. The first-order valence-electron chi connectivity index (χ1n) is 13.3. The first-order valence-corrected chi connectivity index (χ1v) is 13.3. The van der Waals surface area contributed by atoms with Gasteiger partial charge in [-0.3, -0.25) is 9.59 Å². The van der Waals surface area contributed by atoms with E-state index < -0.39 is 23.0 Å². The molecule has 2 unspecified atom stereocenters. The molecule has 6 nitrogen and oxygen atoms in total. The molecular weight excluding hydrogens is 468 g/mol. The molecule has 2 aromatic rings. The minimum absolute atomic E-state index is 0.241. The van der Waals surface area contributed by atoms with E-state index in [0.29, 0.717) is 44.9 Å². The highest BCUT2D eigenvalue weighted by atomic mass is 16.5. The van der Waals surface area contributed by atoms with Gasteiger partial charge in [-0.2, -0.15) is 0 Å². The van der Waals surface area contributed by atoms with Crippen LogP contribution >= 0.6 is 0 Å². The zero-order chi connectivity index (χ0) is 27.3. The molecule has 0 radical (unpaired) electrons. The molecule has 0 fully saturated rings. The van der Waals surface area contributed by atoms with Gasteiger partial charge in [0.2, 0.25) is 0 Å². The van der Waals surface area contributed by atoms with Crippen molar-refractivity contribution in [2.45, 2.75) is 98.1 Å². The number of hydrogen-bond donors (Lipinski definition) is 2. The monoisotopic (exact) mass is 512 g/mol. The standard InChI is InChI=1S/C31H44O6/c1-30(2,28(34)36-22-24-12-7-5-8-13-24)20-18-26(32)16-11-17-27(33)19-21-31(3,4)29(35)37-23-25-14-9-6-10-15-25/h5-10,12-15,26-27,32-33H,11,16-23H2,1-4H3. The summed E-state index contributed by atoms with van der Waals surface area (Å²) in [7, 11) is 0. The average molecular weight is 513 g/mol. The molecule has 0 bridgehead atoms. The summed E-state index contributed by atoms with van der Waals surface area (Å²) in [6, 6.07) is 19.1. The molecule has 2 N–H and O–H groups in total. The van der Waals surface area contributed by atoms with E-state index >= 15 is 0 Å². The van der Waals surface area contributed by atoms with E-state index in [9.17, 15) is 19.8 Å². The Morgan fingerprint density at radius 3 is 1.35 bits per heavy atom. The van der Waals surface area contributed by atoms with Crippen LogP contribution in [-0.4, -0.2) is 34.4 Å². The molecule has 0 spiro atoms. The zero-order valence-corrected chi connectivity index (χ0v) is 22.8. The maximum absolute atomic E-state index is 12.5. The van der Waals surface area contributed by atoms with Crippen LogP contribution in [0.3, 0.4) is 0 Å². The van der Waals surface area contributed by atoms with Crippen molar-refractivity contribution in [1.29, 1.82) is 0 Å². The molecule has 6 heteroatoms. The molecule has 37 heavy (non-hydrogen) atoms. The van der Waals surface area contributed by atoms with E-state index in [1.807, 2.05) is 88.4 Å². The van der Waals surface area contributed by atoms with E-state index in [1.54, 1.807) is 0 Å². The Bertz CT molecular complexity index is 861. The average Bonchev–Trinajstić information content (AvgIpc) is 2.89. The van der Waals surface area contributed by atoms with Gasteiger partial charge in [-0.25, -0.2) is 0 Å². The lowest BCUT2D eigenvalue weighted by Gasteiger charge is -2.25. The Morgan fingerprint density at radius 1 is 0.649 bits per heavy atom. The number of carbonyl (C=O) groups is 2. The van der Waals surface area contributed by atoms with Crippen LogP contribution in [0.2, 0.25) is 0 Å². The Balaban J connectivity index is 1.61. The van der Waals surface area contributed by atoms with Crippen molar-refractivity contribution >= 4 is 11.9 Å². The first kappa shape index (κ1) is 30.5. The second kappa shape index (κ2) is 14.9. The van der Waals surface area contributed by atoms with Crippen LogP contribution in [0.4, 0.5) is 0 Å². The number of aliphatic hydroxyl groups is 2. The molecule has 0 saturated heterocycles. The maximum atomic E-state index is 12.5. The predicted molar refractivity (Wildman–Crippen MR) is 144 cm³/mol. The molecule has 204 valence electrons. The third-order valence-corrected chi connectivity index (χ3v) is 6.81. The smallest absolute Gasteiger partial charge is 0.311 e. The molecule has 0 aliphatic heterocycles. The number of benzene rings is 2. The summed E-state index contributed by atoms with van der Waals surface area (Å²) in [5.74, 6) is -0.548. The van der Waals surface area contributed by atoms with Crippen LogP contribution in [0, 0.1) is 10.8 Å². The number of ether oxygens (including phenoxy) is 2. The quantitative estimate of drug-likeness (QED) is 0.269. The number of carbonyl (C=O) groups excluding carboxylic acids is 2. The fourth-order valence-corrected chi connectivity index (χ4v) is 3.97. The number of aliphatic hydroxyl groups excluding tert-OH is 2. The van der Waals surface area contributed by atoms with Crippen LogP contribution < -0.4 is 0 Å². The van der Waals surface area contributed by atoms with Crippen LogP contribution in [0.25, 0.3) is 0 Å². The highest BCUT2D eigenvalue weighted by Gasteiger charge is 2.31. The molecule has 0 heterocycles. The zero-order valence-electron chi connectivity index (χ0n) is 22.8. The lowest BCUT2D eigenvalue weighted by molar-refractivity contribution is -0.156. The van der Waals surface area contributed by atoms with Gasteiger partial charge < -0.3 is 19.7 Å². The number of esters is 2. The highest BCUT2D eigenvalue weighted by molar-refractivity contribution is 5.76. The largest absolute Gasteiger partial charge is 0.460 e. The van der Waals surface area contributed by atoms with Crippen LogP contribution in [0.1, 0.15) is 83.8 Å². The summed E-state index contributed by atoms with van der Waals surface area (Å²) in [5.41, 5.74) is 0.516. The van der Waals surface area contributed by atoms with Crippen molar-refractivity contribution in [1.82, 2.24) is 0 Å². The fourth-order valence-electron chi connectivity index (χ4n) is 3.97. The van der Waals surface area contributed by atoms with Gasteiger partial charge in [-0.05, 0) is 83.8 Å². The van der Waals surface area contributed by atoms with Gasteiger partial charge in [0.05, 0.1) is 23.0 Å². The topological polar surface area (TPSA) is 93.1 Å². The lowest BCUT2D eigenvalue weighted by atomic mass is 9.85. The third-order valence-electron chi connectivity index (χ3n) is 6.81. The summed E-state index contributed by atoms with van der Waals surface area (Å²) in [6.45, 7) is 7.83. The van der Waals surface area contributed by atoms with Gasteiger partial charge >= 0.3 is 11.9 Å². The summed E-state index contributed by atoms with van der Waals surface area (Å²) >= 11 is 0. The third kappa shape index (κ3) is 11.5. The maximum Gasteiger partial charge on any atom is 0.311 e. The van der Waals surface area contributed by atoms with Gasteiger partial charge in [0, 0.05) is 0 Å². The molecule has 0 aromatic heterocycles.